The molecule has 3 N–H and O–H groups in total. The van der Waals surface area contributed by atoms with Crippen LogP contribution in [0.4, 0.5) is 14.5 Å². The quantitative estimate of drug-likeness (QED) is 0.842. The molecule has 2 rings (SSSR count). The van der Waals surface area contributed by atoms with Crippen molar-refractivity contribution in [1.29, 1.82) is 0 Å². The lowest BCUT2D eigenvalue weighted by Gasteiger charge is -2.07. The summed E-state index contributed by atoms with van der Waals surface area (Å²) in [5.41, 5.74) is 6.53. The molecule has 1 amide bonds. The van der Waals surface area contributed by atoms with Gasteiger partial charge in [0.2, 0.25) is 0 Å². The molecule has 0 fully saturated rings. The van der Waals surface area contributed by atoms with E-state index in [4.69, 9.17) is 5.73 Å². The Hall–Kier alpha value is -1.95. The molecule has 6 heteroatoms. The van der Waals surface area contributed by atoms with Crippen molar-refractivity contribution in [3.63, 3.8) is 0 Å². The number of hydrogen-bond acceptors (Lipinski definition) is 2. The largest absolute Gasteiger partial charge is 0.398 e. The zero-order valence-electron chi connectivity index (χ0n) is 10.3. The summed E-state index contributed by atoms with van der Waals surface area (Å²) >= 11 is 3.22. The molecule has 2 aromatic rings. The molecule has 0 bridgehead atoms. The van der Waals surface area contributed by atoms with E-state index < -0.39 is 17.5 Å². The molecular weight excluding hydrogens is 330 g/mol. The highest BCUT2D eigenvalue weighted by molar-refractivity contribution is 9.10. The molecule has 0 unspecified atom stereocenters. The van der Waals surface area contributed by atoms with Crippen LogP contribution in [0.3, 0.4) is 0 Å². The predicted molar refractivity (Wildman–Crippen MR) is 76.1 cm³/mol. The van der Waals surface area contributed by atoms with Gasteiger partial charge in [-0.15, -0.1) is 0 Å². The van der Waals surface area contributed by atoms with Crippen LogP contribution in [0.25, 0.3) is 0 Å². The number of carbonyl (C=O) groups is 1. The average Bonchev–Trinajstić information content (AvgIpc) is 2.42. The van der Waals surface area contributed by atoms with E-state index in [0.717, 1.165) is 18.2 Å². The summed E-state index contributed by atoms with van der Waals surface area (Å²) in [6.07, 6.45) is 0. The summed E-state index contributed by atoms with van der Waals surface area (Å²) in [4.78, 5) is 11.9. The first-order chi connectivity index (χ1) is 9.47. The monoisotopic (exact) mass is 340 g/mol. The molecule has 0 radical (unpaired) electrons. The van der Waals surface area contributed by atoms with Gasteiger partial charge in [-0.25, -0.2) is 8.78 Å². The first kappa shape index (κ1) is 14.5. The summed E-state index contributed by atoms with van der Waals surface area (Å²) in [6, 6.07) is 7.82. The topological polar surface area (TPSA) is 55.1 Å². The second-order valence-electron chi connectivity index (χ2n) is 4.15. The Labute approximate surface area is 122 Å². The number of nitrogens with two attached hydrogens (primary N) is 1. The zero-order valence-corrected chi connectivity index (χ0v) is 11.9. The van der Waals surface area contributed by atoms with Gasteiger partial charge >= 0.3 is 0 Å². The van der Waals surface area contributed by atoms with E-state index in [-0.39, 0.29) is 12.1 Å². The molecule has 0 spiro atoms. The average molecular weight is 341 g/mol. The van der Waals surface area contributed by atoms with Crippen LogP contribution in [0, 0.1) is 11.6 Å². The Morgan fingerprint density at radius 2 is 1.95 bits per heavy atom. The number of nitrogen functional groups attached to an aromatic ring is 1. The number of amides is 1. The van der Waals surface area contributed by atoms with E-state index in [1.165, 1.54) is 6.07 Å². The molecule has 0 aliphatic carbocycles. The van der Waals surface area contributed by atoms with Gasteiger partial charge in [0, 0.05) is 27.8 Å². The summed E-state index contributed by atoms with van der Waals surface area (Å²) in [5.74, 6) is -1.53. The minimum atomic E-state index is -0.568. The lowest BCUT2D eigenvalue weighted by molar-refractivity contribution is 0.0950. The van der Waals surface area contributed by atoms with Gasteiger partial charge in [0.05, 0.1) is 0 Å². The number of halogens is 3. The predicted octanol–water partition coefficient (Wildman–Crippen LogP) is 3.24. The fourth-order valence-corrected chi connectivity index (χ4v) is 1.89. The van der Waals surface area contributed by atoms with Crippen LogP contribution in [0.2, 0.25) is 0 Å². The third-order valence-electron chi connectivity index (χ3n) is 2.71. The minimum Gasteiger partial charge on any atom is -0.398 e. The maximum Gasteiger partial charge on any atom is 0.251 e. The zero-order chi connectivity index (χ0) is 14.7. The van der Waals surface area contributed by atoms with E-state index in [2.05, 4.69) is 21.2 Å². The third kappa shape index (κ3) is 3.33. The third-order valence-corrected chi connectivity index (χ3v) is 3.43. The number of anilines is 1. The van der Waals surface area contributed by atoms with Crippen molar-refractivity contribution in [3.8, 4) is 0 Å². The minimum absolute atomic E-state index is 0.0865. The highest BCUT2D eigenvalue weighted by Crippen LogP contribution is 2.20. The maximum absolute atomic E-state index is 13.4. The van der Waals surface area contributed by atoms with Crippen LogP contribution in [0.15, 0.2) is 40.9 Å². The van der Waals surface area contributed by atoms with E-state index in [9.17, 15) is 13.6 Å². The van der Waals surface area contributed by atoms with Crippen molar-refractivity contribution in [2.24, 2.45) is 0 Å². The first-order valence-corrected chi connectivity index (χ1v) is 6.54. The van der Waals surface area contributed by atoms with E-state index >= 15 is 0 Å². The molecule has 0 aromatic heterocycles. The Bertz CT molecular complexity index is 662. The molecule has 2 aromatic carbocycles. The standard InChI is InChI=1S/C14H11BrF2N2O/c15-11-3-1-8(6-13(11)18)14(20)19-7-9-5-10(16)2-4-12(9)17/h1-6H,7,18H2,(H,19,20). The van der Waals surface area contributed by atoms with Crippen molar-refractivity contribution in [1.82, 2.24) is 5.32 Å². The maximum atomic E-state index is 13.4. The van der Waals surface area contributed by atoms with Gasteiger partial charge in [0.15, 0.2) is 0 Å². The first-order valence-electron chi connectivity index (χ1n) is 5.74. The van der Waals surface area contributed by atoms with Crippen LogP contribution < -0.4 is 11.1 Å². The van der Waals surface area contributed by atoms with Crippen LogP contribution in [-0.2, 0) is 6.54 Å². The van der Waals surface area contributed by atoms with Crippen molar-refractivity contribution < 1.29 is 13.6 Å². The van der Waals surface area contributed by atoms with Crippen LogP contribution in [-0.4, -0.2) is 5.91 Å². The van der Waals surface area contributed by atoms with Crippen LogP contribution in [0.5, 0.6) is 0 Å². The van der Waals surface area contributed by atoms with Gasteiger partial charge < -0.3 is 11.1 Å². The molecule has 104 valence electrons. The van der Waals surface area contributed by atoms with Crippen molar-refractivity contribution >= 4 is 27.5 Å². The summed E-state index contributed by atoms with van der Waals surface area (Å²) in [7, 11) is 0. The molecule has 3 nitrogen and oxygen atoms in total. The van der Waals surface area contributed by atoms with Crippen LogP contribution >= 0.6 is 15.9 Å². The van der Waals surface area contributed by atoms with Gasteiger partial charge in [0.25, 0.3) is 5.91 Å². The number of hydrogen-bond donors (Lipinski definition) is 2. The van der Waals surface area contributed by atoms with E-state index in [1.807, 2.05) is 0 Å². The van der Waals surface area contributed by atoms with Crippen molar-refractivity contribution in [2.75, 3.05) is 5.73 Å². The van der Waals surface area contributed by atoms with Gasteiger partial charge in [-0.2, -0.15) is 0 Å². The fraction of sp³-hybridized carbons (Fsp3) is 0.0714. The highest BCUT2D eigenvalue weighted by Gasteiger charge is 2.09. The molecule has 20 heavy (non-hydrogen) atoms. The Morgan fingerprint density at radius 3 is 2.65 bits per heavy atom. The molecular formula is C14H11BrF2N2O. The highest BCUT2D eigenvalue weighted by atomic mass is 79.9. The molecule has 0 saturated heterocycles. The van der Waals surface area contributed by atoms with Crippen molar-refractivity contribution in [2.45, 2.75) is 6.54 Å². The van der Waals surface area contributed by atoms with Gasteiger partial charge in [0.1, 0.15) is 11.6 Å². The van der Waals surface area contributed by atoms with Gasteiger partial charge in [-0.1, -0.05) is 0 Å². The van der Waals surface area contributed by atoms with Gasteiger partial charge in [-0.05, 0) is 52.3 Å². The van der Waals surface area contributed by atoms with E-state index in [1.54, 1.807) is 12.1 Å². The second-order valence-corrected chi connectivity index (χ2v) is 5.01. The normalized spacial score (nSPS) is 10.3. The lowest BCUT2D eigenvalue weighted by Crippen LogP contribution is -2.23. The van der Waals surface area contributed by atoms with Crippen molar-refractivity contribution in [3.05, 3.63) is 63.6 Å². The number of carbonyl (C=O) groups excluding carboxylic acids is 1. The fourth-order valence-electron chi connectivity index (χ4n) is 1.64. The molecule has 0 saturated carbocycles. The SMILES string of the molecule is Nc1cc(C(=O)NCc2cc(F)ccc2F)ccc1Br. The Morgan fingerprint density at radius 1 is 1.20 bits per heavy atom. The molecule has 0 heterocycles. The van der Waals surface area contributed by atoms with Gasteiger partial charge in [-0.3, -0.25) is 4.79 Å². The number of rotatable bonds is 3. The summed E-state index contributed by atoms with van der Waals surface area (Å²) < 4.78 is 27.1. The Kier molecular flexibility index (Phi) is 4.34. The molecule has 0 aliphatic heterocycles. The van der Waals surface area contributed by atoms with E-state index in [0.29, 0.717) is 15.7 Å². The number of benzene rings is 2. The van der Waals surface area contributed by atoms with Crippen LogP contribution in [0.1, 0.15) is 15.9 Å². The Balaban J connectivity index is 2.08. The lowest BCUT2D eigenvalue weighted by atomic mass is 10.1. The summed E-state index contributed by atoms with van der Waals surface area (Å²) in [5, 5.41) is 2.51. The number of nitrogens with one attached hydrogen (secondary N) is 1. The molecule has 0 aliphatic rings. The second kappa shape index (κ2) is 6.00. The smallest absolute Gasteiger partial charge is 0.251 e. The summed E-state index contributed by atoms with van der Waals surface area (Å²) in [6.45, 7) is -0.0988. The molecule has 0 atom stereocenters.